The van der Waals surface area contributed by atoms with Crippen LogP contribution in [0.4, 0.5) is 10.5 Å². The number of urea groups is 1. The third-order valence-electron chi connectivity index (χ3n) is 4.02. The summed E-state index contributed by atoms with van der Waals surface area (Å²) in [6, 6.07) is 6.90. The smallest absolute Gasteiger partial charge is 0.321 e. The van der Waals surface area contributed by atoms with Crippen molar-refractivity contribution >= 4 is 23.3 Å². The molecule has 1 saturated heterocycles. The fourth-order valence-corrected chi connectivity index (χ4v) is 2.97. The van der Waals surface area contributed by atoms with Gasteiger partial charge in [0.25, 0.3) is 0 Å². The molecule has 23 heavy (non-hydrogen) atoms. The molecule has 1 aromatic heterocycles. The van der Waals surface area contributed by atoms with Crippen LogP contribution in [0.3, 0.4) is 0 Å². The van der Waals surface area contributed by atoms with Crippen molar-refractivity contribution in [3.8, 4) is 5.69 Å². The Morgan fingerprint density at radius 3 is 3.09 bits per heavy atom. The summed E-state index contributed by atoms with van der Waals surface area (Å²) >= 11 is 6.06. The summed E-state index contributed by atoms with van der Waals surface area (Å²) in [5.41, 5.74) is 1.36. The van der Waals surface area contributed by atoms with Crippen LogP contribution in [0.2, 0.25) is 5.02 Å². The van der Waals surface area contributed by atoms with Crippen molar-refractivity contribution in [3.63, 3.8) is 0 Å². The van der Waals surface area contributed by atoms with E-state index in [1.165, 1.54) is 0 Å². The summed E-state index contributed by atoms with van der Waals surface area (Å²) in [5.74, 6) is 0.158. The Bertz CT molecular complexity index is 675. The number of nitrogens with one attached hydrogen (secondary N) is 1. The molecule has 1 aromatic carbocycles. The first-order chi connectivity index (χ1) is 11.2. The number of carbonyl (C=O) groups excluding carboxylic acids is 1. The Morgan fingerprint density at radius 1 is 1.48 bits per heavy atom. The zero-order chi connectivity index (χ0) is 16.2. The van der Waals surface area contributed by atoms with E-state index >= 15 is 0 Å². The van der Waals surface area contributed by atoms with E-state index in [0.717, 1.165) is 12.8 Å². The maximum Gasteiger partial charge on any atom is 0.321 e. The number of anilines is 1. The van der Waals surface area contributed by atoms with Crippen LogP contribution in [-0.4, -0.2) is 45.5 Å². The van der Waals surface area contributed by atoms with Gasteiger partial charge in [-0.2, -0.15) is 5.10 Å². The van der Waals surface area contributed by atoms with Gasteiger partial charge in [-0.25, -0.2) is 9.48 Å². The lowest BCUT2D eigenvalue weighted by molar-refractivity contribution is 0.136. The largest absolute Gasteiger partial charge is 0.396 e. The topological polar surface area (TPSA) is 70.4 Å². The predicted octanol–water partition coefficient (Wildman–Crippen LogP) is 2.76. The fraction of sp³-hybridized carbons (Fsp3) is 0.375. The molecule has 1 atom stereocenters. The average Bonchev–Trinajstić information content (AvgIpc) is 3.11. The number of carbonyl (C=O) groups is 1. The van der Waals surface area contributed by atoms with E-state index < -0.39 is 0 Å². The SMILES string of the molecule is O=C(Nc1ccc(Cl)cc1-n1cccn1)N1CCC[C@@H](CO)C1. The number of aliphatic hydroxyl groups is 1. The van der Waals surface area contributed by atoms with Gasteiger partial charge in [0.05, 0.1) is 11.4 Å². The summed E-state index contributed by atoms with van der Waals surface area (Å²) in [6.07, 6.45) is 5.33. The molecule has 3 rings (SSSR count). The van der Waals surface area contributed by atoms with Crippen LogP contribution >= 0.6 is 11.6 Å². The van der Waals surface area contributed by atoms with Gasteiger partial charge >= 0.3 is 6.03 Å². The Labute approximate surface area is 139 Å². The molecule has 0 bridgehead atoms. The van der Waals surface area contributed by atoms with E-state index in [1.807, 2.05) is 6.07 Å². The molecule has 7 heteroatoms. The second kappa shape index (κ2) is 7.02. The maximum atomic E-state index is 12.5. The van der Waals surface area contributed by atoms with Crippen molar-refractivity contribution in [2.24, 2.45) is 5.92 Å². The molecular formula is C16H19ClN4O2. The molecule has 0 unspecified atom stereocenters. The highest BCUT2D eigenvalue weighted by Gasteiger charge is 2.23. The standard InChI is InChI=1S/C16H19ClN4O2/c17-13-4-5-14(15(9-13)21-8-2-6-18-21)19-16(23)20-7-1-3-12(10-20)11-22/h2,4-6,8-9,12,22H,1,3,7,10-11H2,(H,19,23)/t12-/m1/s1. The monoisotopic (exact) mass is 334 g/mol. The molecule has 2 aromatic rings. The molecule has 2 N–H and O–H groups in total. The molecule has 1 aliphatic heterocycles. The number of halogens is 1. The molecule has 2 heterocycles. The lowest BCUT2D eigenvalue weighted by Gasteiger charge is -2.32. The molecule has 0 saturated carbocycles. The van der Waals surface area contributed by atoms with Crippen molar-refractivity contribution in [2.75, 3.05) is 25.0 Å². The first-order valence-electron chi connectivity index (χ1n) is 7.63. The van der Waals surface area contributed by atoms with Gasteiger partial charge in [0.15, 0.2) is 0 Å². The van der Waals surface area contributed by atoms with Crippen LogP contribution in [0, 0.1) is 5.92 Å². The van der Waals surface area contributed by atoms with Gasteiger partial charge in [-0.3, -0.25) is 0 Å². The number of aliphatic hydroxyl groups excluding tert-OH is 1. The van der Waals surface area contributed by atoms with Crippen molar-refractivity contribution in [3.05, 3.63) is 41.7 Å². The second-order valence-corrected chi connectivity index (χ2v) is 6.12. The van der Waals surface area contributed by atoms with Gasteiger partial charge in [0.2, 0.25) is 0 Å². The molecule has 0 radical (unpaired) electrons. The highest BCUT2D eigenvalue weighted by Crippen LogP contribution is 2.25. The molecule has 1 fully saturated rings. The van der Waals surface area contributed by atoms with Crippen LogP contribution in [0.5, 0.6) is 0 Å². The van der Waals surface area contributed by atoms with Crippen molar-refractivity contribution < 1.29 is 9.90 Å². The minimum Gasteiger partial charge on any atom is -0.396 e. The zero-order valence-corrected chi connectivity index (χ0v) is 13.4. The number of rotatable bonds is 3. The summed E-state index contributed by atoms with van der Waals surface area (Å²) in [6.45, 7) is 1.39. The van der Waals surface area contributed by atoms with Crippen LogP contribution in [0.15, 0.2) is 36.7 Å². The third-order valence-corrected chi connectivity index (χ3v) is 4.25. The van der Waals surface area contributed by atoms with E-state index in [2.05, 4.69) is 10.4 Å². The van der Waals surface area contributed by atoms with Crippen LogP contribution in [-0.2, 0) is 0 Å². The molecule has 6 nitrogen and oxygen atoms in total. The van der Waals surface area contributed by atoms with Crippen molar-refractivity contribution in [2.45, 2.75) is 12.8 Å². The Morgan fingerprint density at radius 2 is 2.35 bits per heavy atom. The molecule has 2 amide bonds. The number of benzene rings is 1. The minimum atomic E-state index is -0.168. The highest BCUT2D eigenvalue weighted by atomic mass is 35.5. The molecular weight excluding hydrogens is 316 g/mol. The van der Waals surface area contributed by atoms with E-state index in [4.69, 9.17) is 11.6 Å². The Balaban J connectivity index is 1.78. The average molecular weight is 335 g/mol. The lowest BCUT2D eigenvalue weighted by Crippen LogP contribution is -2.43. The second-order valence-electron chi connectivity index (χ2n) is 5.68. The predicted molar refractivity (Wildman–Crippen MR) is 89.0 cm³/mol. The lowest BCUT2D eigenvalue weighted by atomic mass is 9.99. The van der Waals surface area contributed by atoms with E-state index in [0.29, 0.717) is 29.5 Å². The third kappa shape index (κ3) is 3.65. The van der Waals surface area contributed by atoms with Gasteiger partial charge in [-0.05, 0) is 43.0 Å². The first-order valence-corrected chi connectivity index (χ1v) is 8.01. The van der Waals surface area contributed by atoms with Crippen LogP contribution in [0.25, 0.3) is 5.69 Å². The number of hydrogen-bond donors (Lipinski definition) is 2. The molecule has 122 valence electrons. The maximum absolute atomic E-state index is 12.5. The number of nitrogens with zero attached hydrogens (tertiary/aromatic N) is 3. The normalized spacial score (nSPS) is 18.0. The van der Waals surface area contributed by atoms with Gasteiger partial charge in [0.1, 0.15) is 0 Å². The van der Waals surface area contributed by atoms with Gasteiger partial charge in [0, 0.05) is 37.1 Å². The minimum absolute atomic E-state index is 0.114. The van der Waals surface area contributed by atoms with Gasteiger partial charge in [-0.15, -0.1) is 0 Å². The summed E-state index contributed by atoms with van der Waals surface area (Å²) in [7, 11) is 0. The number of piperidine rings is 1. The summed E-state index contributed by atoms with van der Waals surface area (Å²) in [5, 5.41) is 17.0. The quantitative estimate of drug-likeness (QED) is 0.906. The van der Waals surface area contributed by atoms with Crippen LogP contribution < -0.4 is 5.32 Å². The number of amides is 2. The summed E-state index contributed by atoms with van der Waals surface area (Å²) < 4.78 is 1.66. The van der Waals surface area contributed by atoms with Crippen molar-refractivity contribution in [1.29, 1.82) is 0 Å². The molecule has 1 aliphatic rings. The van der Waals surface area contributed by atoms with Gasteiger partial charge in [-0.1, -0.05) is 11.6 Å². The molecule has 0 spiro atoms. The van der Waals surface area contributed by atoms with Crippen LogP contribution in [0.1, 0.15) is 12.8 Å². The van der Waals surface area contributed by atoms with E-state index in [9.17, 15) is 9.90 Å². The van der Waals surface area contributed by atoms with E-state index in [1.54, 1.807) is 40.2 Å². The van der Waals surface area contributed by atoms with Gasteiger partial charge < -0.3 is 15.3 Å². The number of hydrogen-bond acceptors (Lipinski definition) is 3. The summed E-state index contributed by atoms with van der Waals surface area (Å²) in [4.78, 5) is 14.2. The van der Waals surface area contributed by atoms with E-state index in [-0.39, 0.29) is 18.6 Å². The first kappa shape index (κ1) is 15.8. The fourth-order valence-electron chi connectivity index (χ4n) is 2.80. The Kier molecular flexibility index (Phi) is 4.83. The number of likely N-dealkylation sites (tertiary alicyclic amines) is 1. The highest BCUT2D eigenvalue weighted by molar-refractivity contribution is 6.30. The van der Waals surface area contributed by atoms with Crippen molar-refractivity contribution in [1.82, 2.24) is 14.7 Å². The Hall–Kier alpha value is -2.05. The number of aromatic nitrogens is 2. The molecule has 0 aliphatic carbocycles. The zero-order valence-electron chi connectivity index (χ0n) is 12.7.